The average Bonchev–Trinajstić information content (AvgIpc) is 3.23. The maximum atomic E-state index is 6.13. The van der Waals surface area contributed by atoms with E-state index in [9.17, 15) is 0 Å². The molecule has 0 aromatic carbocycles. The highest BCUT2D eigenvalue weighted by molar-refractivity contribution is 6.17. The van der Waals surface area contributed by atoms with Crippen molar-refractivity contribution in [1.82, 2.24) is 14.3 Å². The molecule has 0 aliphatic rings. The fourth-order valence-corrected chi connectivity index (χ4v) is 2.96. The first-order valence-corrected chi connectivity index (χ1v) is 10.3. The van der Waals surface area contributed by atoms with Crippen molar-refractivity contribution in [2.75, 3.05) is 18.2 Å². The van der Waals surface area contributed by atoms with Gasteiger partial charge in [0.25, 0.3) is 0 Å². The third kappa shape index (κ3) is 6.32. The molecule has 150 valence electrons. The van der Waals surface area contributed by atoms with E-state index in [1.807, 2.05) is 6.20 Å². The Morgan fingerprint density at radius 3 is 2.74 bits per heavy atom. The lowest BCUT2D eigenvalue weighted by atomic mass is 10.2. The molecule has 0 bridgehead atoms. The Bertz CT molecular complexity index is 706. The Morgan fingerprint density at radius 2 is 2.00 bits per heavy atom. The van der Waals surface area contributed by atoms with Gasteiger partial charge in [-0.25, -0.2) is 13.8 Å². The Balaban J connectivity index is 2.15. The molecule has 0 saturated carbocycles. The molecule has 2 heterocycles. The van der Waals surface area contributed by atoms with E-state index < -0.39 is 0 Å². The third-order valence-corrected chi connectivity index (χ3v) is 4.67. The van der Waals surface area contributed by atoms with E-state index >= 15 is 0 Å². The third-order valence-electron chi connectivity index (χ3n) is 4.41. The molecule has 0 unspecified atom stereocenters. The molecule has 0 atom stereocenters. The number of imidazole rings is 1. The van der Waals surface area contributed by atoms with Crippen LogP contribution in [0.4, 0.5) is 17.5 Å². The molecule has 2 rings (SSSR count). The van der Waals surface area contributed by atoms with Gasteiger partial charge in [0.15, 0.2) is 11.5 Å². The largest absolute Gasteiger partial charge is 0.421 e. The van der Waals surface area contributed by atoms with E-state index in [1.165, 1.54) is 19.3 Å². The van der Waals surface area contributed by atoms with Gasteiger partial charge in [0.2, 0.25) is 0 Å². The fraction of sp³-hybridized carbons (Fsp3) is 0.667. The van der Waals surface area contributed by atoms with Gasteiger partial charge in [-0.15, -0.1) is 11.6 Å². The number of aromatic nitrogens is 4. The highest BCUT2D eigenvalue weighted by atomic mass is 35.5. The van der Waals surface area contributed by atoms with Crippen LogP contribution in [0.2, 0.25) is 0 Å². The van der Waals surface area contributed by atoms with Crippen LogP contribution in [-0.4, -0.2) is 26.8 Å². The Hall–Kier alpha value is -1.93. The van der Waals surface area contributed by atoms with Gasteiger partial charge in [-0.1, -0.05) is 31.3 Å². The first-order valence-electron chi connectivity index (χ1n) is 9.78. The molecular weight excluding hydrogens is 364 g/mol. The number of aryl methyl sites for hydroxylation is 3. The van der Waals surface area contributed by atoms with Crippen molar-refractivity contribution in [1.29, 1.82) is 0 Å². The Labute approximate surface area is 166 Å². The van der Waals surface area contributed by atoms with E-state index in [4.69, 9.17) is 23.1 Å². The number of hydrogen-bond acceptors (Lipinski definition) is 5. The topological polar surface area (TPSA) is 103 Å². The van der Waals surface area contributed by atoms with Crippen molar-refractivity contribution in [3.8, 4) is 0 Å². The summed E-state index contributed by atoms with van der Waals surface area (Å²) in [5, 5.41) is 13.1. The standard InChI is InChI=1S/C18H31ClN8/c1-2-3-4-5-10-25-13-14-26(11-6-8-19)18(25)24-23-16-15-22-27(17(16)21)12-7-9-20/h13-15,21H,2-12,20H2,1H3/p+1. The maximum Gasteiger partial charge on any atom is 0.421 e. The zero-order valence-corrected chi connectivity index (χ0v) is 17.0. The van der Waals surface area contributed by atoms with Crippen molar-refractivity contribution in [2.24, 2.45) is 16.0 Å². The fourth-order valence-electron chi connectivity index (χ4n) is 2.84. The highest BCUT2D eigenvalue weighted by Crippen LogP contribution is 2.23. The van der Waals surface area contributed by atoms with Crippen LogP contribution in [0.1, 0.15) is 45.4 Å². The van der Waals surface area contributed by atoms with Gasteiger partial charge in [0.05, 0.1) is 31.7 Å². The second-order valence-electron chi connectivity index (χ2n) is 6.57. The van der Waals surface area contributed by atoms with E-state index in [1.54, 1.807) is 10.9 Å². The summed E-state index contributed by atoms with van der Waals surface area (Å²) in [6.07, 6.45) is 12.3. The number of halogens is 1. The normalized spacial score (nSPS) is 11.7. The van der Waals surface area contributed by atoms with E-state index in [0.29, 0.717) is 30.5 Å². The van der Waals surface area contributed by atoms with Gasteiger partial charge in [0, 0.05) is 17.5 Å². The zero-order chi connectivity index (χ0) is 19.5. The first kappa shape index (κ1) is 21.4. The molecule has 0 aliphatic carbocycles. The monoisotopic (exact) mass is 395 g/mol. The number of hydrogen-bond donors (Lipinski definition) is 2. The molecule has 0 fully saturated rings. The molecule has 0 radical (unpaired) electrons. The van der Waals surface area contributed by atoms with Crippen molar-refractivity contribution < 1.29 is 4.57 Å². The second kappa shape index (κ2) is 11.7. The van der Waals surface area contributed by atoms with Gasteiger partial charge in [0.1, 0.15) is 0 Å². The lowest BCUT2D eigenvalue weighted by Crippen LogP contribution is -2.32. The maximum absolute atomic E-state index is 6.13. The van der Waals surface area contributed by atoms with Crippen LogP contribution in [0.15, 0.2) is 28.8 Å². The second-order valence-corrected chi connectivity index (χ2v) is 6.95. The summed E-state index contributed by atoms with van der Waals surface area (Å²) < 4.78 is 5.94. The molecule has 0 amide bonds. The van der Waals surface area contributed by atoms with Crippen LogP contribution in [0.5, 0.6) is 0 Å². The molecule has 4 N–H and O–H groups in total. The van der Waals surface area contributed by atoms with E-state index in [2.05, 4.69) is 37.6 Å². The molecule has 9 heteroatoms. The smallest absolute Gasteiger partial charge is 0.382 e. The molecule has 0 spiro atoms. The molecular formula is C18H32ClN8+. The van der Waals surface area contributed by atoms with Crippen LogP contribution in [-0.2, 0) is 19.6 Å². The summed E-state index contributed by atoms with van der Waals surface area (Å²) in [5.74, 6) is 1.94. The molecule has 2 aromatic rings. The Kier molecular flexibility index (Phi) is 9.27. The first-order chi connectivity index (χ1) is 13.2. The summed E-state index contributed by atoms with van der Waals surface area (Å²) in [6, 6.07) is 0. The number of azo groups is 1. The summed E-state index contributed by atoms with van der Waals surface area (Å²) in [4.78, 5) is 0. The molecule has 27 heavy (non-hydrogen) atoms. The lowest BCUT2D eigenvalue weighted by Gasteiger charge is -2.02. The molecule has 0 aliphatic heterocycles. The van der Waals surface area contributed by atoms with Crippen molar-refractivity contribution in [2.45, 2.75) is 65.1 Å². The van der Waals surface area contributed by atoms with E-state index in [-0.39, 0.29) is 0 Å². The Morgan fingerprint density at radius 1 is 1.15 bits per heavy atom. The predicted molar refractivity (Wildman–Crippen MR) is 109 cm³/mol. The van der Waals surface area contributed by atoms with E-state index in [0.717, 1.165) is 38.3 Å². The van der Waals surface area contributed by atoms with Gasteiger partial charge in [-0.3, -0.25) is 0 Å². The number of unbranched alkanes of at least 4 members (excludes halogenated alkanes) is 3. The summed E-state index contributed by atoms with van der Waals surface area (Å²) in [7, 11) is 0. The summed E-state index contributed by atoms with van der Waals surface area (Å²) >= 11 is 5.86. The number of nitrogens with two attached hydrogens (primary N) is 2. The number of nitrogens with zero attached hydrogens (tertiary/aromatic N) is 6. The predicted octanol–water partition coefficient (Wildman–Crippen LogP) is 3.53. The highest BCUT2D eigenvalue weighted by Gasteiger charge is 2.17. The summed E-state index contributed by atoms with van der Waals surface area (Å²) in [6.45, 7) is 5.23. The zero-order valence-electron chi connectivity index (χ0n) is 16.2. The van der Waals surface area contributed by atoms with Crippen molar-refractivity contribution in [3.05, 3.63) is 18.6 Å². The SMILES string of the molecule is CCCCCCn1cc[n+](CCCCl)c1N=Nc1cnn(CCCN)c1N. The van der Waals surface area contributed by atoms with Crippen LogP contribution in [0.25, 0.3) is 0 Å². The minimum Gasteiger partial charge on any atom is -0.382 e. The number of nitrogen functional groups attached to an aromatic ring is 1. The number of rotatable bonds is 13. The van der Waals surface area contributed by atoms with Gasteiger partial charge >= 0.3 is 5.95 Å². The van der Waals surface area contributed by atoms with Gasteiger partial charge in [-0.05, 0) is 25.8 Å². The van der Waals surface area contributed by atoms with Crippen LogP contribution in [0.3, 0.4) is 0 Å². The van der Waals surface area contributed by atoms with Crippen LogP contribution < -0.4 is 16.0 Å². The van der Waals surface area contributed by atoms with Crippen molar-refractivity contribution >= 4 is 29.1 Å². The van der Waals surface area contributed by atoms with Crippen LogP contribution in [0, 0.1) is 0 Å². The molecule has 8 nitrogen and oxygen atoms in total. The average molecular weight is 396 g/mol. The molecule has 0 saturated heterocycles. The van der Waals surface area contributed by atoms with Gasteiger partial charge in [-0.2, -0.15) is 5.10 Å². The quantitative estimate of drug-likeness (QED) is 0.234. The number of anilines is 1. The minimum absolute atomic E-state index is 0.514. The molecule has 2 aromatic heterocycles. The van der Waals surface area contributed by atoms with Gasteiger partial charge < -0.3 is 11.5 Å². The lowest BCUT2D eigenvalue weighted by molar-refractivity contribution is -0.683. The number of alkyl halides is 1. The van der Waals surface area contributed by atoms with Crippen molar-refractivity contribution in [3.63, 3.8) is 0 Å². The van der Waals surface area contributed by atoms with Crippen LogP contribution >= 0.6 is 11.6 Å². The summed E-state index contributed by atoms with van der Waals surface area (Å²) in [5.41, 5.74) is 12.3. The minimum atomic E-state index is 0.514.